The molecule has 0 saturated heterocycles. The van der Waals surface area contributed by atoms with Crippen molar-refractivity contribution in [2.24, 2.45) is 0 Å². The maximum Gasteiger partial charge on any atom is 0.123 e. The Labute approximate surface area is 107 Å². The van der Waals surface area contributed by atoms with Crippen LogP contribution in [0.15, 0.2) is 42.7 Å². The molecule has 0 unspecified atom stereocenters. The van der Waals surface area contributed by atoms with Gasteiger partial charge in [-0.2, -0.15) is 0 Å². The van der Waals surface area contributed by atoms with Crippen molar-refractivity contribution in [1.29, 1.82) is 0 Å². The second-order valence-electron chi connectivity index (χ2n) is 3.76. The highest BCUT2D eigenvalue weighted by atomic mass is 16.5. The Balaban J connectivity index is 2.25. The van der Waals surface area contributed by atoms with Gasteiger partial charge in [-0.05, 0) is 35.4 Å². The lowest BCUT2D eigenvalue weighted by molar-refractivity contribution is 0.394. The number of pyridine rings is 1. The van der Waals surface area contributed by atoms with Crippen LogP contribution < -0.4 is 9.47 Å². The molecule has 92 valence electrons. The minimum atomic E-state index is 0.781. The Bertz CT molecular complexity index is 513. The number of methoxy groups -OCH3 is 2. The van der Waals surface area contributed by atoms with Gasteiger partial charge in [-0.1, -0.05) is 12.2 Å². The summed E-state index contributed by atoms with van der Waals surface area (Å²) in [5.74, 6) is 1.56. The summed E-state index contributed by atoms with van der Waals surface area (Å²) in [6, 6.07) is 9.67. The van der Waals surface area contributed by atoms with Crippen LogP contribution in [0.25, 0.3) is 12.2 Å². The molecule has 2 rings (SSSR count). The number of ether oxygens (including phenoxy) is 2. The van der Waals surface area contributed by atoms with Crippen LogP contribution in [0.3, 0.4) is 0 Å². The van der Waals surface area contributed by atoms with Gasteiger partial charge in [0.1, 0.15) is 11.5 Å². The van der Waals surface area contributed by atoms with Crippen molar-refractivity contribution in [2.45, 2.75) is 0 Å². The molecule has 0 aliphatic carbocycles. The first-order chi connectivity index (χ1) is 8.81. The summed E-state index contributed by atoms with van der Waals surface area (Å²) < 4.78 is 10.5. The molecule has 3 heteroatoms. The first-order valence-electron chi connectivity index (χ1n) is 5.63. The van der Waals surface area contributed by atoms with Crippen LogP contribution in [-0.2, 0) is 0 Å². The van der Waals surface area contributed by atoms with Gasteiger partial charge in [-0.15, -0.1) is 0 Å². The molecule has 1 heterocycles. The van der Waals surface area contributed by atoms with Gasteiger partial charge in [-0.25, -0.2) is 0 Å². The summed E-state index contributed by atoms with van der Waals surface area (Å²) in [4.78, 5) is 3.98. The van der Waals surface area contributed by atoms with Crippen molar-refractivity contribution >= 4 is 12.2 Å². The quantitative estimate of drug-likeness (QED) is 0.823. The van der Waals surface area contributed by atoms with Gasteiger partial charge >= 0.3 is 0 Å². The molecule has 0 amide bonds. The van der Waals surface area contributed by atoms with E-state index in [9.17, 15) is 0 Å². The first kappa shape index (κ1) is 12.2. The van der Waals surface area contributed by atoms with Gasteiger partial charge in [0.05, 0.1) is 14.2 Å². The highest BCUT2D eigenvalue weighted by Gasteiger charge is 1.99. The summed E-state index contributed by atoms with van der Waals surface area (Å²) >= 11 is 0. The molecule has 0 bridgehead atoms. The van der Waals surface area contributed by atoms with Gasteiger partial charge in [-0.3, -0.25) is 4.98 Å². The molecule has 0 aliphatic rings. The van der Waals surface area contributed by atoms with E-state index >= 15 is 0 Å². The van der Waals surface area contributed by atoms with Crippen molar-refractivity contribution < 1.29 is 9.47 Å². The molecular weight excluding hydrogens is 226 g/mol. The van der Waals surface area contributed by atoms with Crippen LogP contribution in [0.1, 0.15) is 11.1 Å². The topological polar surface area (TPSA) is 31.4 Å². The van der Waals surface area contributed by atoms with E-state index in [-0.39, 0.29) is 0 Å². The largest absolute Gasteiger partial charge is 0.497 e. The van der Waals surface area contributed by atoms with Crippen LogP contribution >= 0.6 is 0 Å². The van der Waals surface area contributed by atoms with Gasteiger partial charge in [0, 0.05) is 18.5 Å². The van der Waals surface area contributed by atoms with Crippen LogP contribution in [0, 0.1) is 0 Å². The van der Waals surface area contributed by atoms with Gasteiger partial charge in [0.15, 0.2) is 0 Å². The van der Waals surface area contributed by atoms with Crippen LogP contribution in [0.2, 0.25) is 0 Å². The molecule has 0 fully saturated rings. The van der Waals surface area contributed by atoms with Crippen LogP contribution in [0.5, 0.6) is 11.5 Å². The molecule has 0 aliphatic heterocycles. The van der Waals surface area contributed by atoms with E-state index in [0.717, 1.165) is 22.6 Å². The molecule has 3 nitrogen and oxygen atoms in total. The second-order valence-corrected chi connectivity index (χ2v) is 3.76. The summed E-state index contributed by atoms with van der Waals surface area (Å²) in [6.45, 7) is 0. The van der Waals surface area contributed by atoms with E-state index in [1.807, 2.05) is 42.5 Å². The van der Waals surface area contributed by atoms with E-state index in [2.05, 4.69) is 4.98 Å². The molecule has 0 spiro atoms. The van der Waals surface area contributed by atoms with E-state index in [4.69, 9.17) is 9.47 Å². The number of nitrogens with zero attached hydrogens (tertiary/aromatic N) is 1. The Morgan fingerprint density at radius 3 is 1.94 bits per heavy atom. The maximum absolute atomic E-state index is 5.23. The molecule has 1 aromatic carbocycles. The lowest BCUT2D eigenvalue weighted by atomic mass is 10.1. The normalized spacial score (nSPS) is 10.6. The van der Waals surface area contributed by atoms with Crippen molar-refractivity contribution in [3.05, 3.63) is 53.9 Å². The van der Waals surface area contributed by atoms with Crippen molar-refractivity contribution in [3.63, 3.8) is 0 Å². The molecule has 0 atom stereocenters. The Morgan fingerprint density at radius 2 is 1.39 bits per heavy atom. The highest BCUT2D eigenvalue weighted by Crippen LogP contribution is 2.23. The molecule has 0 saturated carbocycles. The van der Waals surface area contributed by atoms with Gasteiger partial charge in [0.25, 0.3) is 0 Å². The van der Waals surface area contributed by atoms with E-state index in [1.165, 1.54) is 0 Å². The van der Waals surface area contributed by atoms with Crippen molar-refractivity contribution in [3.8, 4) is 11.5 Å². The number of hydrogen-bond acceptors (Lipinski definition) is 3. The SMILES string of the molecule is COc1cc(/C=C/c2ccncc2)cc(OC)c1. The fourth-order valence-electron chi connectivity index (χ4n) is 1.59. The summed E-state index contributed by atoms with van der Waals surface area (Å²) in [6.07, 6.45) is 7.58. The Kier molecular flexibility index (Phi) is 3.97. The van der Waals surface area contributed by atoms with Crippen LogP contribution in [0.4, 0.5) is 0 Å². The molecule has 2 aromatic rings. The second kappa shape index (κ2) is 5.87. The van der Waals surface area contributed by atoms with E-state index in [0.29, 0.717) is 0 Å². The molecule has 1 aromatic heterocycles. The molecule has 0 N–H and O–H groups in total. The number of hydrogen-bond donors (Lipinski definition) is 0. The number of benzene rings is 1. The highest BCUT2D eigenvalue weighted by molar-refractivity contribution is 5.70. The zero-order valence-electron chi connectivity index (χ0n) is 10.5. The minimum Gasteiger partial charge on any atom is -0.497 e. The predicted molar refractivity (Wildman–Crippen MR) is 72.7 cm³/mol. The molecular formula is C15H15NO2. The van der Waals surface area contributed by atoms with Crippen LogP contribution in [-0.4, -0.2) is 19.2 Å². The summed E-state index contributed by atoms with van der Waals surface area (Å²) in [5.41, 5.74) is 2.13. The fraction of sp³-hybridized carbons (Fsp3) is 0.133. The molecule has 0 radical (unpaired) electrons. The Hall–Kier alpha value is -2.29. The lowest BCUT2D eigenvalue weighted by Crippen LogP contribution is -1.88. The number of rotatable bonds is 4. The first-order valence-corrected chi connectivity index (χ1v) is 5.63. The van der Waals surface area contributed by atoms with E-state index < -0.39 is 0 Å². The van der Waals surface area contributed by atoms with Gasteiger partial charge < -0.3 is 9.47 Å². The third-order valence-electron chi connectivity index (χ3n) is 2.55. The van der Waals surface area contributed by atoms with Gasteiger partial charge in [0.2, 0.25) is 0 Å². The summed E-state index contributed by atoms with van der Waals surface area (Å²) in [7, 11) is 3.29. The smallest absolute Gasteiger partial charge is 0.123 e. The van der Waals surface area contributed by atoms with Crippen molar-refractivity contribution in [1.82, 2.24) is 4.98 Å². The maximum atomic E-state index is 5.23. The Morgan fingerprint density at radius 1 is 0.833 bits per heavy atom. The summed E-state index contributed by atoms with van der Waals surface area (Å²) in [5, 5.41) is 0. The standard InChI is InChI=1S/C15H15NO2/c1-17-14-9-13(10-15(11-14)18-2)4-3-12-5-7-16-8-6-12/h3-11H,1-2H3/b4-3+. The molecule has 18 heavy (non-hydrogen) atoms. The number of aromatic nitrogens is 1. The zero-order chi connectivity index (χ0) is 12.8. The van der Waals surface area contributed by atoms with Crippen molar-refractivity contribution in [2.75, 3.05) is 14.2 Å². The lowest BCUT2D eigenvalue weighted by Gasteiger charge is -2.05. The third kappa shape index (κ3) is 3.10. The monoisotopic (exact) mass is 241 g/mol. The fourth-order valence-corrected chi connectivity index (χ4v) is 1.59. The minimum absolute atomic E-state index is 0.781. The average Bonchev–Trinajstić information content (AvgIpc) is 2.45. The third-order valence-corrected chi connectivity index (χ3v) is 2.55. The van der Waals surface area contributed by atoms with E-state index in [1.54, 1.807) is 26.6 Å². The zero-order valence-corrected chi connectivity index (χ0v) is 10.5. The average molecular weight is 241 g/mol. The predicted octanol–water partition coefficient (Wildman–Crippen LogP) is 3.27.